The van der Waals surface area contributed by atoms with Crippen molar-refractivity contribution in [1.82, 2.24) is 10.5 Å². The molecule has 27 unspecified atom stereocenters. The third-order valence-corrected chi connectivity index (χ3v) is 20.3. The molecule has 5 heterocycles. The highest BCUT2D eigenvalue weighted by Crippen LogP contribution is 2.61. The first kappa shape index (κ1) is 64.7. The van der Waals surface area contributed by atoms with Crippen LogP contribution in [0.1, 0.15) is 121 Å². The highest BCUT2D eigenvalue weighted by molar-refractivity contribution is 6.26. The second kappa shape index (κ2) is 25.4. The predicted molar refractivity (Wildman–Crippen MR) is 296 cm³/mol. The van der Waals surface area contributed by atoms with Crippen molar-refractivity contribution in [2.24, 2.45) is 46.8 Å². The highest BCUT2D eigenvalue weighted by Gasteiger charge is 2.64. The van der Waals surface area contributed by atoms with Gasteiger partial charge in [-0.15, -0.1) is 0 Å². The Labute approximate surface area is 492 Å². The third kappa shape index (κ3) is 12.0. The summed E-state index contributed by atoms with van der Waals surface area (Å²) in [4.78, 5) is 42.8. The van der Waals surface area contributed by atoms with Crippen LogP contribution < -0.4 is 5.32 Å². The molecule has 0 aromatic heterocycles. The Hall–Kier alpha value is -3.73. The summed E-state index contributed by atoms with van der Waals surface area (Å²) in [5.41, 5.74) is -3.04. The summed E-state index contributed by atoms with van der Waals surface area (Å²) in [6.45, 7) is 19.9. The first-order chi connectivity index (χ1) is 39.6. The number of nitrogens with zero attached hydrogens (tertiary/aromatic N) is 1. The van der Waals surface area contributed by atoms with Crippen molar-refractivity contribution >= 4 is 17.8 Å². The van der Waals surface area contributed by atoms with E-state index in [1.807, 2.05) is 39.8 Å². The molecule has 5 saturated heterocycles. The molecule has 23 nitrogen and oxygen atoms in total. The first-order valence-corrected chi connectivity index (χ1v) is 30.0. The summed E-state index contributed by atoms with van der Waals surface area (Å²) in [5.74, 6) is -4.97. The van der Waals surface area contributed by atoms with Gasteiger partial charge >= 0.3 is 12.1 Å². The number of hydroxylamine groups is 2. The van der Waals surface area contributed by atoms with Crippen LogP contribution in [0.2, 0.25) is 0 Å². The molecule has 2 bridgehead atoms. The lowest BCUT2D eigenvalue weighted by atomic mass is 9.49. The lowest BCUT2D eigenvalue weighted by molar-refractivity contribution is -0.390. The number of allylic oxidation sites excluding steroid dienone is 3. The number of esters is 1. The summed E-state index contributed by atoms with van der Waals surface area (Å²) in [7, 11) is 2.70. The molecule has 8 N–H and O–H groups in total. The lowest BCUT2D eigenvalue weighted by Crippen LogP contribution is -2.68. The normalized spacial score (nSPS) is 47.4. The Kier molecular flexibility index (Phi) is 19.6. The van der Waals surface area contributed by atoms with E-state index in [0.29, 0.717) is 17.6 Å². The molecule has 23 heteroatoms. The number of hydrogen-bond donors (Lipinski definition) is 8. The molecule has 0 aromatic rings. The Bertz CT molecular complexity index is 2550. The van der Waals surface area contributed by atoms with E-state index in [1.54, 1.807) is 46.8 Å². The quantitative estimate of drug-likeness (QED) is 0.0527. The molecule has 84 heavy (non-hydrogen) atoms. The van der Waals surface area contributed by atoms with Gasteiger partial charge in [0.25, 0.3) is 0 Å². The van der Waals surface area contributed by atoms with E-state index >= 15 is 4.79 Å². The smallest absolute Gasteiger partial charge is 0.407 e. The number of aliphatic hydroxyl groups is 5. The summed E-state index contributed by atoms with van der Waals surface area (Å²) in [6, 6.07) is -0.956. The predicted octanol–water partition coefficient (Wildman–Crippen LogP) is 5.38. The van der Waals surface area contributed by atoms with Gasteiger partial charge in [0, 0.05) is 62.4 Å². The van der Waals surface area contributed by atoms with Gasteiger partial charge in [0.2, 0.25) is 5.78 Å². The molecular formula is C61H92N2O21. The van der Waals surface area contributed by atoms with Gasteiger partial charge < -0.3 is 83.0 Å². The fourth-order valence-electron chi connectivity index (χ4n) is 15.8. The molecule has 1 saturated carbocycles. The second-order valence-corrected chi connectivity index (χ2v) is 26.0. The Morgan fingerprint density at radius 2 is 1.36 bits per heavy atom. The highest BCUT2D eigenvalue weighted by atomic mass is 16.8. The van der Waals surface area contributed by atoms with Crippen LogP contribution in [0.15, 0.2) is 58.4 Å². The Morgan fingerprint density at radius 1 is 0.738 bits per heavy atom. The molecule has 4 aliphatic carbocycles. The maximum absolute atomic E-state index is 15.6. The number of Topliss-reactive ketones (excluding diaryl/α,β-unsaturated/α-hetero) is 1. The number of carbonyl (C=O) groups is 3. The summed E-state index contributed by atoms with van der Waals surface area (Å²) in [5, 5.41) is 81.5. The van der Waals surface area contributed by atoms with Gasteiger partial charge in [0.1, 0.15) is 29.6 Å². The van der Waals surface area contributed by atoms with Gasteiger partial charge in [-0.3, -0.25) is 15.2 Å². The van der Waals surface area contributed by atoms with E-state index in [-0.39, 0.29) is 68.0 Å². The molecule has 0 radical (unpaired) electrons. The van der Waals surface area contributed by atoms with Crippen molar-refractivity contribution in [3.8, 4) is 0 Å². The van der Waals surface area contributed by atoms with Crippen molar-refractivity contribution in [3.05, 3.63) is 58.4 Å². The zero-order valence-electron chi connectivity index (χ0n) is 50.7. The number of ketones is 1. The van der Waals surface area contributed by atoms with E-state index in [2.05, 4.69) is 25.2 Å². The van der Waals surface area contributed by atoms with Gasteiger partial charge in [0.15, 0.2) is 30.8 Å². The molecule has 9 aliphatic rings. The topological polar surface area (TPSA) is 310 Å². The molecule has 1 amide bonds. The van der Waals surface area contributed by atoms with Crippen molar-refractivity contribution < 1.29 is 102 Å². The number of carbonyl (C=O) groups excluding carboxylic acids is 3. The monoisotopic (exact) mass is 1190 g/mol. The van der Waals surface area contributed by atoms with Crippen LogP contribution in [0.4, 0.5) is 4.79 Å². The number of ether oxygens (including phenoxy) is 11. The number of hydrogen-bond acceptors (Lipinski definition) is 22. The van der Waals surface area contributed by atoms with E-state index in [9.17, 15) is 45.5 Å². The van der Waals surface area contributed by atoms with E-state index in [4.69, 9.17) is 52.1 Å². The van der Waals surface area contributed by atoms with Crippen LogP contribution in [0.3, 0.4) is 0 Å². The number of aliphatic hydroxyl groups excluding tert-OH is 5. The maximum Gasteiger partial charge on any atom is 0.407 e. The zero-order chi connectivity index (χ0) is 61.2. The Balaban J connectivity index is 1.01. The van der Waals surface area contributed by atoms with Crippen molar-refractivity contribution in [3.63, 3.8) is 0 Å². The molecular weight excluding hydrogens is 1100 g/mol. The average molecular weight is 1190 g/mol. The molecule has 1 spiro atoms. The Morgan fingerprint density at radius 3 is 1.99 bits per heavy atom. The van der Waals surface area contributed by atoms with Crippen molar-refractivity contribution in [2.75, 3.05) is 20.8 Å². The fraction of sp³-hybridized carbons (Fsp3) is 0.787. The number of fused-ring (bicyclic) bond motifs is 4. The third-order valence-electron chi connectivity index (χ3n) is 20.3. The molecule has 0 aromatic carbocycles. The fourth-order valence-corrected chi connectivity index (χ4v) is 15.8. The van der Waals surface area contributed by atoms with Gasteiger partial charge in [-0.25, -0.2) is 9.59 Å². The average Bonchev–Trinajstić information content (AvgIpc) is 2.80. The zero-order valence-corrected chi connectivity index (χ0v) is 50.7. The van der Waals surface area contributed by atoms with Gasteiger partial charge in [0.05, 0.1) is 80.2 Å². The first-order valence-electron chi connectivity index (χ1n) is 30.0. The maximum atomic E-state index is 15.6. The standard InChI is InChI=1S/C61H92N2O21/c1-27-14-17-42(80-47-25-59(10,63(72)73)54(35(9)79-47)62-58(71)75-13)28(2)19-37-20-36(26-64)31(5)24-61(37)56(69)48(57(70)84-61)55(68)60(11)39(27)16-15-38-49(60)29(3)18-30(4)51(38)82-46-23-43(50(67)32(6)76-46)81-44-22-41(66)53(34(8)78-44)83-45-21-40(65)52(74-12)33(7)77-45/h14-16,19-20,29-35,37-47,49-54,64-68,72-73H,17-18,21-26H2,1-13H3,(H,62,71). The summed E-state index contributed by atoms with van der Waals surface area (Å²) < 4.78 is 68.1. The summed E-state index contributed by atoms with van der Waals surface area (Å²) >= 11 is 0. The van der Waals surface area contributed by atoms with Crippen molar-refractivity contribution in [1.29, 1.82) is 0 Å². The number of rotatable bonds is 12. The number of methoxy groups -OCH3 is 2. The summed E-state index contributed by atoms with van der Waals surface area (Å²) in [6.07, 6.45) is -2.97. The molecule has 5 aliphatic heterocycles. The van der Waals surface area contributed by atoms with Crippen molar-refractivity contribution in [2.45, 2.75) is 237 Å². The van der Waals surface area contributed by atoms with Crippen LogP contribution in [0, 0.1) is 46.8 Å². The largest absolute Gasteiger partial charge is 0.511 e. The lowest BCUT2D eigenvalue weighted by Gasteiger charge is -2.56. The van der Waals surface area contributed by atoms with Crippen LogP contribution in [-0.4, -0.2) is 195 Å². The molecule has 472 valence electrons. The second-order valence-electron chi connectivity index (χ2n) is 26.0. The van der Waals surface area contributed by atoms with Gasteiger partial charge in [-0.05, 0) is 96.1 Å². The SMILES string of the molecule is COC(=O)NC1C(C)OC(OC2CC=C(C)C3C=CC4C(OC5CC(OC6CC(O)C(OC7CC(O)C(OC)C(C)O7)C(C)O6)C(O)C(C)O5)C(C)CC(C)C4C3(C)C(O)=C3C(=O)OC4(CC(C)C(CO)=CC4C=C2C)C3=O)CC1(C)N(O)O. The van der Waals surface area contributed by atoms with Crippen LogP contribution >= 0.6 is 0 Å². The van der Waals surface area contributed by atoms with E-state index < -0.39 is 174 Å². The van der Waals surface area contributed by atoms with Crippen LogP contribution in [-0.2, 0) is 61.7 Å². The molecule has 6 fully saturated rings. The van der Waals surface area contributed by atoms with Crippen LogP contribution in [0.25, 0.3) is 0 Å². The van der Waals surface area contributed by atoms with E-state index in [1.165, 1.54) is 14.2 Å². The molecule has 9 rings (SSSR count). The van der Waals surface area contributed by atoms with Crippen LogP contribution in [0.5, 0.6) is 0 Å². The number of amides is 1. The molecule has 27 atom stereocenters. The number of nitrogens with one attached hydrogen (secondary N) is 1. The minimum atomic E-state index is -1.81. The number of alkyl carbamates (subject to hydrolysis) is 1. The van der Waals surface area contributed by atoms with Gasteiger partial charge in [-0.2, -0.15) is 0 Å². The van der Waals surface area contributed by atoms with E-state index in [0.717, 1.165) is 5.57 Å². The van der Waals surface area contributed by atoms with Gasteiger partial charge in [-0.1, -0.05) is 68.9 Å². The minimum absolute atomic E-state index is 0.0180. The minimum Gasteiger partial charge on any atom is -0.511 e.